The molecule has 0 aromatic carbocycles. The van der Waals surface area contributed by atoms with Crippen molar-refractivity contribution < 1.29 is 0 Å². The van der Waals surface area contributed by atoms with Gasteiger partial charge in [0.1, 0.15) is 4.33 Å². The summed E-state index contributed by atoms with van der Waals surface area (Å²) in [5.41, 5.74) is 0.0787. The Morgan fingerprint density at radius 1 is 1.31 bits per heavy atom. The number of hydrogen-bond donors (Lipinski definition) is 1. The molecular formula is C10H19Cl2N. The monoisotopic (exact) mass is 223 g/mol. The molecule has 0 aliphatic heterocycles. The van der Waals surface area contributed by atoms with Crippen LogP contribution in [0.5, 0.6) is 0 Å². The summed E-state index contributed by atoms with van der Waals surface area (Å²) in [7, 11) is 0. The van der Waals surface area contributed by atoms with Crippen molar-refractivity contribution in [3.8, 4) is 0 Å². The lowest BCUT2D eigenvalue weighted by molar-refractivity contribution is 0.514. The second-order valence-electron chi connectivity index (χ2n) is 4.45. The van der Waals surface area contributed by atoms with Gasteiger partial charge in [0.2, 0.25) is 0 Å². The maximum atomic E-state index is 6.14. The van der Waals surface area contributed by atoms with Crippen molar-refractivity contribution in [3.05, 3.63) is 0 Å². The number of nitrogens with one attached hydrogen (secondary N) is 1. The van der Waals surface area contributed by atoms with Gasteiger partial charge in [0.25, 0.3) is 0 Å². The van der Waals surface area contributed by atoms with E-state index in [1.54, 1.807) is 0 Å². The predicted molar refractivity (Wildman–Crippen MR) is 59.5 cm³/mol. The summed E-state index contributed by atoms with van der Waals surface area (Å²) in [6.07, 6.45) is 2.46. The molecule has 1 fully saturated rings. The Bertz CT molecular complexity index is 164. The van der Waals surface area contributed by atoms with E-state index in [1.165, 1.54) is 12.8 Å². The molecule has 3 heteroatoms. The molecule has 13 heavy (non-hydrogen) atoms. The SMILES string of the molecule is CCCCNC[C@@H]1C(C)(C)C1(Cl)Cl. The molecular weight excluding hydrogens is 205 g/mol. The van der Waals surface area contributed by atoms with Gasteiger partial charge in [-0.3, -0.25) is 0 Å². The van der Waals surface area contributed by atoms with Crippen LogP contribution in [0.1, 0.15) is 33.6 Å². The Morgan fingerprint density at radius 2 is 1.85 bits per heavy atom. The van der Waals surface area contributed by atoms with Crippen LogP contribution in [-0.4, -0.2) is 17.4 Å². The Kier molecular flexibility index (Phi) is 3.54. The predicted octanol–water partition coefficient (Wildman–Crippen LogP) is 3.21. The molecule has 1 aliphatic rings. The molecule has 0 bridgehead atoms. The second kappa shape index (κ2) is 3.96. The zero-order valence-corrected chi connectivity index (χ0v) is 10.2. The molecule has 78 valence electrons. The average molecular weight is 224 g/mol. The molecule has 1 rings (SSSR count). The van der Waals surface area contributed by atoms with Gasteiger partial charge in [0.15, 0.2) is 0 Å². The van der Waals surface area contributed by atoms with Gasteiger partial charge in [0.05, 0.1) is 0 Å². The fraction of sp³-hybridized carbons (Fsp3) is 1.00. The summed E-state index contributed by atoms with van der Waals surface area (Å²) in [5, 5.41) is 3.39. The molecule has 0 saturated heterocycles. The van der Waals surface area contributed by atoms with Crippen molar-refractivity contribution in [1.82, 2.24) is 5.32 Å². The third-order valence-corrected chi connectivity index (χ3v) is 4.64. The van der Waals surface area contributed by atoms with Crippen LogP contribution in [0.15, 0.2) is 0 Å². The van der Waals surface area contributed by atoms with Gasteiger partial charge in [0, 0.05) is 17.9 Å². The molecule has 1 saturated carbocycles. The summed E-state index contributed by atoms with van der Waals surface area (Å²) in [5.74, 6) is 0.403. The van der Waals surface area contributed by atoms with Crippen LogP contribution < -0.4 is 5.32 Å². The van der Waals surface area contributed by atoms with E-state index in [4.69, 9.17) is 23.2 Å². The lowest BCUT2D eigenvalue weighted by Gasteiger charge is -2.03. The summed E-state index contributed by atoms with van der Waals surface area (Å²) < 4.78 is -0.508. The third-order valence-electron chi connectivity index (χ3n) is 3.14. The molecule has 0 aromatic heterocycles. The van der Waals surface area contributed by atoms with Crippen molar-refractivity contribution in [3.63, 3.8) is 0 Å². The number of hydrogen-bond acceptors (Lipinski definition) is 1. The molecule has 0 radical (unpaired) electrons. The van der Waals surface area contributed by atoms with Crippen molar-refractivity contribution in [2.75, 3.05) is 13.1 Å². The highest BCUT2D eigenvalue weighted by atomic mass is 35.5. The van der Waals surface area contributed by atoms with E-state index in [2.05, 4.69) is 26.1 Å². The molecule has 1 atom stereocenters. The van der Waals surface area contributed by atoms with E-state index in [9.17, 15) is 0 Å². The molecule has 0 amide bonds. The minimum absolute atomic E-state index is 0.0787. The van der Waals surface area contributed by atoms with Crippen LogP contribution in [-0.2, 0) is 0 Å². The number of alkyl halides is 2. The lowest BCUT2D eigenvalue weighted by Crippen LogP contribution is -2.20. The molecule has 0 aromatic rings. The minimum atomic E-state index is -0.508. The van der Waals surface area contributed by atoms with Gasteiger partial charge < -0.3 is 5.32 Å². The van der Waals surface area contributed by atoms with E-state index in [1.807, 2.05) is 0 Å². The van der Waals surface area contributed by atoms with Crippen molar-refractivity contribution in [2.24, 2.45) is 11.3 Å². The normalized spacial score (nSPS) is 28.8. The van der Waals surface area contributed by atoms with E-state index in [0.29, 0.717) is 5.92 Å². The van der Waals surface area contributed by atoms with Crippen molar-refractivity contribution in [1.29, 1.82) is 0 Å². The first-order valence-corrected chi connectivity index (χ1v) is 5.78. The summed E-state index contributed by atoms with van der Waals surface area (Å²) >= 11 is 12.3. The highest BCUT2D eigenvalue weighted by Gasteiger charge is 2.69. The van der Waals surface area contributed by atoms with Crippen molar-refractivity contribution in [2.45, 2.75) is 37.9 Å². The van der Waals surface area contributed by atoms with Gasteiger partial charge in [-0.2, -0.15) is 0 Å². The average Bonchev–Trinajstić information content (AvgIpc) is 2.39. The Balaban J connectivity index is 2.19. The topological polar surface area (TPSA) is 12.0 Å². The molecule has 0 spiro atoms. The van der Waals surface area contributed by atoms with Gasteiger partial charge >= 0.3 is 0 Å². The van der Waals surface area contributed by atoms with E-state index in [0.717, 1.165) is 13.1 Å². The Hall–Kier alpha value is 0.540. The Morgan fingerprint density at radius 3 is 2.23 bits per heavy atom. The van der Waals surface area contributed by atoms with E-state index >= 15 is 0 Å². The van der Waals surface area contributed by atoms with Crippen LogP contribution in [0.3, 0.4) is 0 Å². The molecule has 1 nitrogen and oxygen atoms in total. The van der Waals surface area contributed by atoms with Gasteiger partial charge in [-0.25, -0.2) is 0 Å². The summed E-state index contributed by atoms with van der Waals surface area (Å²) in [4.78, 5) is 0. The van der Waals surface area contributed by atoms with Crippen LogP contribution in [0.4, 0.5) is 0 Å². The van der Waals surface area contributed by atoms with Crippen LogP contribution in [0, 0.1) is 11.3 Å². The quantitative estimate of drug-likeness (QED) is 0.558. The molecule has 1 N–H and O–H groups in total. The van der Waals surface area contributed by atoms with Gasteiger partial charge in [-0.15, -0.1) is 23.2 Å². The van der Waals surface area contributed by atoms with Gasteiger partial charge in [-0.1, -0.05) is 27.2 Å². The highest BCUT2D eigenvalue weighted by Crippen LogP contribution is 2.68. The fourth-order valence-electron chi connectivity index (χ4n) is 1.69. The highest BCUT2D eigenvalue weighted by molar-refractivity contribution is 6.51. The van der Waals surface area contributed by atoms with Crippen LogP contribution in [0.25, 0.3) is 0 Å². The van der Waals surface area contributed by atoms with Crippen LogP contribution >= 0.6 is 23.2 Å². The second-order valence-corrected chi connectivity index (χ2v) is 5.84. The van der Waals surface area contributed by atoms with Crippen molar-refractivity contribution >= 4 is 23.2 Å². The third kappa shape index (κ3) is 2.14. The maximum Gasteiger partial charge on any atom is 0.128 e. The van der Waals surface area contributed by atoms with E-state index in [-0.39, 0.29) is 5.41 Å². The lowest BCUT2D eigenvalue weighted by atomic mass is 10.1. The van der Waals surface area contributed by atoms with E-state index < -0.39 is 4.33 Å². The zero-order valence-electron chi connectivity index (χ0n) is 8.66. The maximum absolute atomic E-state index is 6.14. The number of rotatable bonds is 5. The molecule has 0 unspecified atom stereocenters. The first kappa shape index (κ1) is 11.6. The number of halogens is 2. The Labute approximate surface area is 91.2 Å². The smallest absolute Gasteiger partial charge is 0.128 e. The summed E-state index contributed by atoms with van der Waals surface area (Å²) in [6, 6.07) is 0. The van der Waals surface area contributed by atoms with Gasteiger partial charge in [-0.05, 0) is 13.0 Å². The number of unbranched alkanes of at least 4 members (excludes halogenated alkanes) is 1. The summed E-state index contributed by atoms with van der Waals surface area (Å²) in [6.45, 7) is 8.46. The zero-order chi connectivity index (χ0) is 10.1. The standard InChI is InChI=1S/C10H19Cl2N/c1-4-5-6-13-7-8-9(2,3)10(8,11)12/h8,13H,4-7H2,1-3H3/t8-/m1/s1. The first-order valence-electron chi connectivity index (χ1n) is 5.03. The fourth-order valence-corrected chi connectivity index (χ4v) is 2.54. The largest absolute Gasteiger partial charge is 0.316 e. The first-order chi connectivity index (χ1) is 5.94. The minimum Gasteiger partial charge on any atom is -0.316 e. The molecule has 0 heterocycles. The van der Waals surface area contributed by atoms with Crippen LogP contribution in [0.2, 0.25) is 0 Å². The molecule has 1 aliphatic carbocycles.